The van der Waals surface area contributed by atoms with Gasteiger partial charge < -0.3 is 15.1 Å². The second-order valence-electron chi connectivity index (χ2n) is 9.17. The van der Waals surface area contributed by atoms with E-state index in [4.69, 9.17) is 4.42 Å². The van der Waals surface area contributed by atoms with E-state index in [0.717, 1.165) is 41.4 Å². The Kier molecular flexibility index (Phi) is 8.04. The fraction of sp³-hybridized carbons (Fsp3) is 0.161. The number of carbonyl (C=O) groups excluding carboxylic acids is 1. The van der Waals surface area contributed by atoms with Crippen LogP contribution in [0, 0.1) is 6.92 Å². The van der Waals surface area contributed by atoms with Gasteiger partial charge in [-0.25, -0.2) is 9.97 Å². The normalized spacial score (nSPS) is 10.9. The molecule has 0 atom stereocenters. The second kappa shape index (κ2) is 12.1. The molecule has 0 radical (unpaired) electrons. The maximum absolute atomic E-state index is 13.0. The summed E-state index contributed by atoms with van der Waals surface area (Å²) >= 11 is 0. The maximum atomic E-state index is 13.0. The highest BCUT2D eigenvalue weighted by atomic mass is 16.4. The van der Waals surface area contributed by atoms with Crippen LogP contribution in [0.4, 0.5) is 17.3 Å². The van der Waals surface area contributed by atoms with Gasteiger partial charge in [0, 0.05) is 42.1 Å². The Morgan fingerprint density at radius 1 is 0.949 bits per heavy atom. The monoisotopic (exact) mass is 518 g/mol. The number of benzene rings is 2. The standard InChI is InChI=1S/C31H30N6O2/c1-3-37(20-23-8-5-4-6-9-23)21-26-13-14-29(39-26)30(38)34-25-12-11-22(2)28(18-25)36-31-33-17-15-27(35-31)24-10-7-16-32-19-24/h4-19H,3,20-21H2,1-2H3,(H,34,38)(H,33,35,36). The highest BCUT2D eigenvalue weighted by molar-refractivity contribution is 6.02. The Balaban J connectivity index is 1.24. The number of aromatic nitrogens is 3. The average molecular weight is 519 g/mol. The number of furan rings is 1. The number of aryl methyl sites for hydroxylation is 1. The number of nitrogens with zero attached hydrogens (tertiary/aromatic N) is 4. The van der Waals surface area contributed by atoms with Crippen LogP contribution in [-0.2, 0) is 13.1 Å². The van der Waals surface area contributed by atoms with Gasteiger partial charge in [0.25, 0.3) is 5.91 Å². The van der Waals surface area contributed by atoms with Crippen LogP contribution in [0.5, 0.6) is 0 Å². The zero-order valence-corrected chi connectivity index (χ0v) is 22.0. The van der Waals surface area contributed by atoms with Gasteiger partial charge in [-0.2, -0.15) is 0 Å². The van der Waals surface area contributed by atoms with Gasteiger partial charge in [0.2, 0.25) is 5.95 Å². The lowest BCUT2D eigenvalue weighted by molar-refractivity contribution is 0.0992. The molecule has 3 aromatic heterocycles. The molecule has 0 saturated carbocycles. The van der Waals surface area contributed by atoms with Crippen molar-refractivity contribution in [3.05, 3.63) is 120 Å². The van der Waals surface area contributed by atoms with Crippen molar-refractivity contribution >= 4 is 23.2 Å². The molecule has 0 saturated heterocycles. The Morgan fingerprint density at radius 2 is 1.82 bits per heavy atom. The van der Waals surface area contributed by atoms with Gasteiger partial charge in [0.15, 0.2) is 5.76 Å². The summed E-state index contributed by atoms with van der Waals surface area (Å²) in [6, 6.07) is 25.2. The first-order valence-corrected chi connectivity index (χ1v) is 12.8. The van der Waals surface area contributed by atoms with Crippen LogP contribution in [0.2, 0.25) is 0 Å². The van der Waals surface area contributed by atoms with Crippen molar-refractivity contribution < 1.29 is 9.21 Å². The summed E-state index contributed by atoms with van der Waals surface area (Å²) in [6.45, 7) is 6.39. The molecule has 0 unspecified atom stereocenters. The molecule has 8 nitrogen and oxygen atoms in total. The zero-order valence-electron chi connectivity index (χ0n) is 22.0. The minimum atomic E-state index is -0.308. The quantitative estimate of drug-likeness (QED) is 0.219. The van der Waals surface area contributed by atoms with Crippen LogP contribution in [0.15, 0.2) is 102 Å². The van der Waals surface area contributed by atoms with Crippen LogP contribution in [0.3, 0.4) is 0 Å². The number of anilines is 3. The molecule has 0 bridgehead atoms. The SMILES string of the molecule is CCN(Cc1ccccc1)Cc1ccc(C(=O)Nc2ccc(C)c(Nc3nccc(-c4cccnc4)n3)c2)o1. The van der Waals surface area contributed by atoms with Crippen molar-refractivity contribution in [3.8, 4) is 11.3 Å². The van der Waals surface area contributed by atoms with Crippen molar-refractivity contribution in [2.45, 2.75) is 26.9 Å². The van der Waals surface area contributed by atoms with Crippen LogP contribution in [-0.4, -0.2) is 32.3 Å². The van der Waals surface area contributed by atoms with Gasteiger partial charge in [0.1, 0.15) is 5.76 Å². The van der Waals surface area contributed by atoms with E-state index in [1.807, 2.05) is 67.6 Å². The number of carbonyl (C=O) groups is 1. The summed E-state index contributed by atoms with van der Waals surface area (Å²) in [5.41, 5.74) is 5.32. The smallest absolute Gasteiger partial charge is 0.291 e. The van der Waals surface area contributed by atoms with Gasteiger partial charge in [0.05, 0.1) is 12.2 Å². The molecule has 5 rings (SSSR count). The number of amides is 1. The van der Waals surface area contributed by atoms with Crippen molar-refractivity contribution in [2.75, 3.05) is 17.2 Å². The van der Waals surface area contributed by atoms with Gasteiger partial charge in [-0.15, -0.1) is 0 Å². The predicted molar refractivity (Wildman–Crippen MR) is 153 cm³/mol. The first-order valence-electron chi connectivity index (χ1n) is 12.8. The molecular weight excluding hydrogens is 488 g/mol. The highest BCUT2D eigenvalue weighted by Crippen LogP contribution is 2.25. The molecule has 196 valence electrons. The Morgan fingerprint density at radius 3 is 2.62 bits per heavy atom. The van der Waals surface area contributed by atoms with E-state index >= 15 is 0 Å². The molecule has 0 fully saturated rings. The van der Waals surface area contributed by atoms with Gasteiger partial charge in [-0.1, -0.05) is 43.3 Å². The lowest BCUT2D eigenvalue weighted by Crippen LogP contribution is -2.22. The predicted octanol–water partition coefficient (Wildman–Crippen LogP) is 6.46. The van der Waals surface area contributed by atoms with Crippen LogP contribution in [0.1, 0.15) is 34.4 Å². The van der Waals surface area contributed by atoms with E-state index < -0.39 is 0 Å². The van der Waals surface area contributed by atoms with E-state index in [-0.39, 0.29) is 11.7 Å². The fourth-order valence-corrected chi connectivity index (χ4v) is 4.17. The Bertz CT molecular complexity index is 1540. The number of nitrogens with one attached hydrogen (secondary N) is 2. The number of rotatable bonds is 10. The van der Waals surface area contributed by atoms with Gasteiger partial charge in [-0.3, -0.25) is 14.7 Å². The Hall–Kier alpha value is -4.82. The van der Waals surface area contributed by atoms with E-state index in [0.29, 0.717) is 18.2 Å². The maximum Gasteiger partial charge on any atom is 0.291 e. The lowest BCUT2D eigenvalue weighted by Gasteiger charge is -2.19. The number of pyridine rings is 1. The minimum Gasteiger partial charge on any atom is -0.455 e. The molecule has 0 aliphatic rings. The number of hydrogen-bond donors (Lipinski definition) is 2. The molecule has 1 amide bonds. The fourth-order valence-electron chi connectivity index (χ4n) is 4.17. The van der Waals surface area contributed by atoms with Crippen molar-refractivity contribution in [1.82, 2.24) is 19.9 Å². The van der Waals surface area contributed by atoms with E-state index in [1.165, 1.54) is 5.56 Å². The molecule has 0 spiro atoms. The molecule has 0 aliphatic heterocycles. The lowest BCUT2D eigenvalue weighted by atomic mass is 10.1. The third kappa shape index (κ3) is 6.74. The Labute approximate surface area is 227 Å². The first-order chi connectivity index (χ1) is 19.1. The molecule has 0 aliphatic carbocycles. The van der Waals surface area contributed by atoms with E-state index in [2.05, 4.69) is 49.5 Å². The summed E-state index contributed by atoms with van der Waals surface area (Å²) < 4.78 is 5.90. The van der Waals surface area contributed by atoms with Crippen molar-refractivity contribution in [1.29, 1.82) is 0 Å². The van der Waals surface area contributed by atoms with E-state index in [9.17, 15) is 4.79 Å². The van der Waals surface area contributed by atoms with Crippen LogP contribution in [0.25, 0.3) is 11.3 Å². The average Bonchev–Trinajstić information content (AvgIpc) is 3.44. The summed E-state index contributed by atoms with van der Waals surface area (Å²) in [5, 5.41) is 6.20. The number of hydrogen-bond acceptors (Lipinski definition) is 7. The largest absolute Gasteiger partial charge is 0.455 e. The van der Waals surface area contributed by atoms with E-state index in [1.54, 1.807) is 24.7 Å². The molecule has 2 N–H and O–H groups in total. The third-order valence-corrected chi connectivity index (χ3v) is 6.32. The molecule has 8 heteroatoms. The summed E-state index contributed by atoms with van der Waals surface area (Å²) in [4.78, 5) is 28.3. The molecule has 5 aromatic rings. The summed E-state index contributed by atoms with van der Waals surface area (Å²) in [7, 11) is 0. The topological polar surface area (TPSA) is 96.2 Å². The molecule has 2 aromatic carbocycles. The molecular formula is C31H30N6O2. The minimum absolute atomic E-state index is 0.267. The summed E-state index contributed by atoms with van der Waals surface area (Å²) in [6.07, 6.45) is 5.19. The second-order valence-corrected chi connectivity index (χ2v) is 9.17. The van der Waals surface area contributed by atoms with Crippen LogP contribution >= 0.6 is 0 Å². The van der Waals surface area contributed by atoms with Gasteiger partial charge >= 0.3 is 0 Å². The van der Waals surface area contributed by atoms with Gasteiger partial charge in [-0.05, 0) is 67.1 Å². The van der Waals surface area contributed by atoms with Crippen LogP contribution < -0.4 is 10.6 Å². The van der Waals surface area contributed by atoms with Crippen molar-refractivity contribution in [3.63, 3.8) is 0 Å². The first kappa shape index (κ1) is 25.8. The third-order valence-electron chi connectivity index (χ3n) is 6.32. The van der Waals surface area contributed by atoms with Crippen molar-refractivity contribution in [2.24, 2.45) is 0 Å². The zero-order chi connectivity index (χ0) is 27.0. The molecule has 39 heavy (non-hydrogen) atoms. The molecule has 3 heterocycles. The highest BCUT2D eigenvalue weighted by Gasteiger charge is 2.15. The summed E-state index contributed by atoms with van der Waals surface area (Å²) in [5.74, 6) is 1.16.